The lowest BCUT2D eigenvalue weighted by molar-refractivity contribution is 0.146. The quantitative estimate of drug-likeness (QED) is 0.718. The summed E-state index contributed by atoms with van der Waals surface area (Å²) in [7, 11) is 0. The fraction of sp³-hybridized carbons (Fsp3) is 0.167. The van der Waals surface area contributed by atoms with Crippen LogP contribution in [0.2, 0.25) is 0 Å². The van der Waals surface area contributed by atoms with Gasteiger partial charge >= 0.3 is 0 Å². The highest BCUT2D eigenvalue weighted by Crippen LogP contribution is 2.16. The second-order valence-corrected chi connectivity index (χ2v) is 1.79. The first kappa shape index (κ1) is 10.1. The topological polar surface area (TPSA) is 38.9 Å². The second-order valence-electron chi connectivity index (χ2n) is 1.79. The van der Waals surface area contributed by atoms with E-state index in [1.165, 1.54) is 18.2 Å². The summed E-state index contributed by atoms with van der Waals surface area (Å²) in [5, 5.41) is 0. The number of halogens is 3. The molecule has 0 amide bonds. The predicted molar refractivity (Wildman–Crippen MR) is 40.9 cm³/mol. The van der Waals surface area contributed by atoms with Gasteiger partial charge in [-0.3, -0.25) is 0 Å². The number of pyridine rings is 1. The summed E-state index contributed by atoms with van der Waals surface area (Å²) in [5.74, 6) is 0.123. The summed E-state index contributed by atoms with van der Waals surface area (Å²) in [4.78, 5) is 3.40. The standard InChI is InChI=1S/C6H6F2N2.ClH/c7-6(8)4-2-1-3-5(9)10-4;/h1-3,6H,(H2,9,10);1H. The maximum Gasteiger partial charge on any atom is 0.280 e. The maximum absolute atomic E-state index is 11.8. The Hall–Kier alpha value is -0.900. The highest BCUT2D eigenvalue weighted by molar-refractivity contribution is 5.85. The fourth-order valence-electron chi connectivity index (χ4n) is 0.590. The number of rotatable bonds is 1. The molecular formula is C6H7ClF2N2. The molecule has 0 fully saturated rings. The summed E-state index contributed by atoms with van der Waals surface area (Å²) in [6.07, 6.45) is -2.54. The monoisotopic (exact) mass is 180 g/mol. The van der Waals surface area contributed by atoms with E-state index in [4.69, 9.17) is 5.73 Å². The predicted octanol–water partition coefficient (Wildman–Crippen LogP) is 2.02. The van der Waals surface area contributed by atoms with Crippen molar-refractivity contribution >= 4 is 18.2 Å². The third-order valence-corrected chi connectivity index (χ3v) is 1.02. The average Bonchev–Trinajstić information content (AvgIpc) is 1.88. The minimum Gasteiger partial charge on any atom is -0.384 e. The number of alkyl halides is 2. The molecule has 1 aromatic heterocycles. The van der Waals surface area contributed by atoms with Gasteiger partial charge in [-0.2, -0.15) is 0 Å². The van der Waals surface area contributed by atoms with Gasteiger partial charge in [-0.1, -0.05) is 6.07 Å². The highest BCUT2D eigenvalue weighted by atomic mass is 35.5. The van der Waals surface area contributed by atoms with Gasteiger partial charge in [0.25, 0.3) is 6.43 Å². The minimum absolute atomic E-state index is 0. The first-order valence-electron chi connectivity index (χ1n) is 2.71. The van der Waals surface area contributed by atoms with Crippen LogP contribution >= 0.6 is 12.4 Å². The van der Waals surface area contributed by atoms with Gasteiger partial charge in [0.1, 0.15) is 11.5 Å². The summed E-state index contributed by atoms with van der Waals surface area (Å²) < 4.78 is 23.7. The van der Waals surface area contributed by atoms with Gasteiger partial charge in [-0.15, -0.1) is 12.4 Å². The van der Waals surface area contributed by atoms with Crippen molar-refractivity contribution in [1.29, 1.82) is 0 Å². The molecule has 1 rings (SSSR count). The van der Waals surface area contributed by atoms with Crippen LogP contribution in [-0.2, 0) is 0 Å². The molecule has 0 aliphatic rings. The van der Waals surface area contributed by atoms with Crippen LogP contribution in [0.4, 0.5) is 14.6 Å². The van der Waals surface area contributed by atoms with Crippen molar-refractivity contribution in [3.63, 3.8) is 0 Å². The summed E-state index contributed by atoms with van der Waals surface area (Å²) in [6.45, 7) is 0. The number of nitrogens with two attached hydrogens (primary N) is 1. The molecule has 1 heterocycles. The molecule has 1 aromatic rings. The molecule has 0 aliphatic carbocycles. The van der Waals surface area contributed by atoms with Crippen molar-refractivity contribution in [1.82, 2.24) is 4.98 Å². The van der Waals surface area contributed by atoms with E-state index in [0.717, 1.165) is 0 Å². The maximum atomic E-state index is 11.8. The number of aromatic nitrogens is 1. The number of hydrogen-bond donors (Lipinski definition) is 1. The van der Waals surface area contributed by atoms with Crippen LogP contribution in [0.25, 0.3) is 0 Å². The second kappa shape index (κ2) is 4.08. The Kier molecular flexibility index (Phi) is 3.74. The largest absolute Gasteiger partial charge is 0.384 e. The smallest absolute Gasteiger partial charge is 0.280 e. The molecule has 0 atom stereocenters. The number of nitrogen functional groups attached to an aromatic ring is 1. The van der Waals surface area contributed by atoms with Crippen molar-refractivity contribution in [2.24, 2.45) is 0 Å². The van der Waals surface area contributed by atoms with Crippen LogP contribution < -0.4 is 5.73 Å². The normalized spacial score (nSPS) is 9.36. The minimum atomic E-state index is -2.54. The summed E-state index contributed by atoms with van der Waals surface area (Å²) >= 11 is 0. The van der Waals surface area contributed by atoms with Gasteiger partial charge in [-0.05, 0) is 12.1 Å². The molecule has 0 aromatic carbocycles. The van der Waals surface area contributed by atoms with E-state index < -0.39 is 6.43 Å². The molecule has 0 saturated carbocycles. The van der Waals surface area contributed by atoms with Crippen LogP contribution in [0.5, 0.6) is 0 Å². The third-order valence-electron chi connectivity index (χ3n) is 1.02. The third kappa shape index (κ3) is 2.67. The number of nitrogens with zero attached hydrogens (tertiary/aromatic N) is 1. The van der Waals surface area contributed by atoms with Gasteiger partial charge in [0.15, 0.2) is 0 Å². The van der Waals surface area contributed by atoms with Crippen LogP contribution in [0.3, 0.4) is 0 Å². The first-order chi connectivity index (χ1) is 4.70. The Balaban J connectivity index is 0.000001000. The van der Waals surface area contributed by atoms with E-state index in [1.807, 2.05) is 0 Å². The van der Waals surface area contributed by atoms with Gasteiger partial charge < -0.3 is 5.73 Å². The van der Waals surface area contributed by atoms with E-state index in [1.54, 1.807) is 0 Å². The Labute approximate surface area is 68.8 Å². The molecular weight excluding hydrogens is 174 g/mol. The molecule has 2 nitrogen and oxygen atoms in total. The van der Waals surface area contributed by atoms with Crippen molar-refractivity contribution in [3.05, 3.63) is 23.9 Å². The first-order valence-corrected chi connectivity index (χ1v) is 2.71. The molecule has 0 aliphatic heterocycles. The lowest BCUT2D eigenvalue weighted by Gasteiger charge is -1.97. The van der Waals surface area contributed by atoms with Gasteiger partial charge in [0.2, 0.25) is 0 Å². The lowest BCUT2D eigenvalue weighted by Crippen LogP contribution is -1.94. The summed E-state index contributed by atoms with van der Waals surface area (Å²) in [5.41, 5.74) is 4.87. The van der Waals surface area contributed by atoms with Gasteiger partial charge in [0.05, 0.1) is 0 Å². The summed E-state index contributed by atoms with van der Waals surface area (Å²) in [6, 6.07) is 4.15. The SMILES string of the molecule is Cl.Nc1cccc(C(F)F)n1. The van der Waals surface area contributed by atoms with Crippen molar-refractivity contribution in [2.45, 2.75) is 6.43 Å². The fourth-order valence-corrected chi connectivity index (χ4v) is 0.590. The molecule has 0 radical (unpaired) electrons. The number of anilines is 1. The van der Waals surface area contributed by atoms with Crippen molar-refractivity contribution in [2.75, 3.05) is 5.73 Å². The van der Waals surface area contributed by atoms with E-state index in [2.05, 4.69) is 4.98 Å². The molecule has 0 unspecified atom stereocenters. The Bertz CT molecular complexity index is 230. The van der Waals surface area contributed by atoms with E-state index in [9.17, 15) is 8.78 Å². The zero-order valence-corrected chi connectivity index (χ0v) is 6.31. The molecule has 62 valence electrons. The Morgan fingerprint density at radius 3 is 2.36 bits per heavy atom. The zero-order chi connectivity index (χ0) is 7.56. The average molecular weight is 181 g/mol. The molecule has 0 saturated heterocycles. The number of hydrogen-bond acceptors (Lipinski definition) is 2. The molecule has 5 heteroatoms. The van der Waals surface area contributed by atoms with Crippen molar-refractivity contribution < 1.29 is 8.78 Å². The van der Waals surface area contributed by atoms with E-state index >= 15 is 0 Å². The Morgan fingerprint density at radius 2 is 2.00 bits per heavy atom. The highest BCUT2D eigenvalue weighted by Gasteiger charge is 2.06. The van der Waals surface area contributed by atoms with Gasteiger partial charge in [-0.25, -0.2) is 13.8 Å². The molecule has 0 spiro atoms. The van der Waals surface area contributed by atoms with Crippen LogP contribution in [0.1, 0.15) is 12.1 Å². The van der Waals surface area contributed by atoms with Crippen LogP contribution in [0.15, 0.2) is 18.2 Å². The van der Waals surface area contributed by atoms with E-state index in [-0.39, 0.29) is 23.9 Å². The molecule has 0 bridgehead atoms. The van der Waals surface area contributed by atoms with Crippen LogP contribution in [-0.4, -0.2) is 4.98 Å². The zero-order valence-electron chi connectivity index (χ0n) is 5.50. The van der Waals surface area contributed by atoms with E-state index in [0.29, 0.717) is 0 Å². The van der Waals surface area contributed by atoms with Gasteiger partial charge in [0, 0.05) is 0 Å². The molecule has 2 N–H and O–H groups in total. The molecule has 11 heavy (non-hydrogen) atoms. The van der Waals surface area contributed by atoms with Crippen molar-refractivity contribution in [3.8, 4) is 0 Å². The van der Waals surface area contributed by atoms with Crippen LogP contribution in [0, 0.1) is 0 Å². The lowest BCUT2D eigenvalue weighted by atomic mass is 10.3. The Morgan fingerprint density at radius 1 is 1.36 bits per heavy atom.